The van der Waals surface area contributed by atoms with Gasteiger partial charge in [-0.15, -0.1) is 22.7 Å². The number of rotatable bonds is 2. The zero-order chi connectivity index (χ0) is 17.6. The molecule has 25 heavy (non-hydrogen) atoms. The van der Waals surface area contributed by atoms with Crippen LogP contribution in [-0.2, 0) is 0 Å². The van der Waals surface area contributed by atoms with Crippen LogP contribution in [0, 0.1) is 11.3 Å². The van der Waals surface area contributed by atoms with Gasteiger partial charge in [0, 0.05) is 26.4 Å². The van der Waals surface area contributed by atoms with E-state index < -0.39 is 5.56 Å². The van der Waals surface area contributed by atoms with Crippen molar-refractivity contribution in [1.29, 1.82) is 5.26 Å². The number of hydrogen-bond acceptors (Lipinski definition) is 6. The molecule has 3 aromatic heterocycles. The number of fused-ring (bicyclic) bond motifs is 1. The maximum atomic E-state index is 11.8. The first-order chi connectivity index (χ1) is 12.1. The minimum atomic E-state index is -0.576. The van der Waals surface area contributed by atoms with Crippen molar-refractivity contribution in [2.45, 2.75) is 0 Å². The Balaban J connectivity index is 1.89. The first kappa shape index (κ1) is 15.4. The summed E-state index contributed by atoms with van der Waals surface area (Å²) >= 11 is 2.88. The quantitative estimate of drug-likeness (QED) is 0.464. The summed E-state index contributed by atoms with van der Waals surface area (Å²) in [6.45, 7) is 0. The monoisotopic (exact) mass is 365 g/mol. The Bertz CT molecular complexity index is 1210. The number of pyridine rings is 1. The molecule has 0 aliphatic rings. The van der Waals surface area contributed by atoms with Crippen molar-refractivity contribution in [3.05, 3.63) is 57.7 Å². The van der Waals surface area contributed by atoms with E-state index in [1.165, 1.54) is 11.3 Å². The SMILES string of the molecule is N#Cc1c(O)c2c(-c3ccc(-c4cccc(N)c4)s3)csc2[nH]c1=O. The van der Waals surface area contributed by atoms with Crippen molar-refractivity contribution in [1.82, 2.24) is 4.98 Å². The highest BCUT2D eigenvalue weighted by molar-refractivity contribution is 7.20. The molecule has 0 radical (unpaired) electrons. The second-order valence-electron chi connectivity index (χ2n) is 5.43. The molecule has 122 valence electrons. The van der Waals surface area contributed by atoms with Crippen LogP contribution in [0.4, 0.5) is 5.69 Å². The summed E-state index contributed by atoms with van der Waals surface area (Å²) in [5, 5.41) is 21.8. The Kier molecular flexibility index (Phi) is 3.57. The smallest absolute Gasteiger partial charge is 0.270 e. The Hall–Kier alpha value is -3.08. The van der Waals surface area contributed by atoms with Crippen LogP contribution in [-0.4, -0.2) is 10.1 Å². The molecule has 0 aliphatic carbocycles. The number of aromatic hydroxyl groups is 1. The van der Waals surface area contributed by atoms with Crippen molar-refractivity contribution in [2.75, 3.05) is 5.73 Å². The van der Waals surface area contributed by atoms with Crippen molar-refractivity contribution in [2.24, 2.45) is 0 Å². The molecule has 0 aliphatic heterocycles. The second-order valence-corrected chi connectivity index (χ2v) is 7.40. The van der Waals surface area contributed by atoms with Crippen LogP contribution in [0.3, 0.4) is 0 Å². The van der Waals surface area contributed by atoms with E-state index in [1.807, 2.05) is 41.8 Å². The molecule has 4 N–H and O–H groups in total. The molecular weight excluding hydrogens is 354 g/mol. The lowest BCUT2D eigenvalue weighted by Gasteiger charge is -2.01. The van der Waals surface area contributed by atoms with Crippen LogP contribution in [0.2, 0.25) is 0 Å². The van der Waals surface area contributed by atoms with E-state index in [0.717, 1.165) is 20.9 Å². The lowest BCUT2D eigenvalue weighted by atomic mass is 10.1. The third-order valence-electron chi connectivity index (χ3n) is 3.87. The molecular formula is C18H11N3O2S2. The number of hydrogen-bond donors (Lipinski definition) is 3. The Labute approximate surface area is 150 Å². The molecule has 0 atom stereocenters. The second kappa shape index (κ2) is 5.77. The van der Waals surface area contributed by atoms with Gasteiger partial charge in [0.15, 0.2) is 5.56 Å². The molecule has 1 aromatic carbocycles. The van der Waals surface area contributed by atoms with Gasteiger partial charge in [-0.25, -0.2) is 0 Å². The van der Waals surface area contributed by atoms with Crippen LogP contribution in [0.15, 0.2) is 46.6 Å². The first-order valence-electron chi connectivity index (χ1n) is 7.31. The molecule has 0 unspecified atom stereocenters. The zero-order valence-electron chi connectivity index (χ0n) is 12.7. The Morgan fingerprint density at radius 3 is 2.76 bits per heavy atom. The minimum Gasteiger partial charge on any atom is -0.506 e. The highest BCUT2D eigenvalue weighted by Crippen LogP contribution is 2.43. The standard InChI is InChI=1S/C18H11N3O2S2/c19-7-11-16(22)15-12(8-24-18(15)21-17(11)23)14-5-4-13(25-14)9-2-1-3-10(20)6-9/h1-6,8H,20H2,(H2,21,22,23). The molecule has 7 heteroatoms. The largest absolute Gasteiger partial charge is 0.506 e. The molecule has 0 amide bonds. The number of nitrogens with two attached hydrogens (primary N) is 1. The zero-order valence-corrected chi connectivity index (χ0v) is 14.4. The number of aromatic amines is 1. The van der Waals surface area contributed by atoms with Gasteiger partial charge in [0.1, 0.15) is 16.6 Å². The predicted molar refractivity (Wildman–Crippen MR) is 102 cm³/mol. The van der Waals surface area contributed by atoms with E-state index in [0.29, 0.717) is 15.9 Å². The van der Waals surface area contributed by atoms with Gasteiger partial charge in [0.25, 0.3) is 5.56 Å². The number of aromatic nitrogens is 1. The van der Waals surface area contributed by atoms with Crippen LogP contribution in [0.25, 0.3) is 31.1 Å². The molecule has 4 aromatic rings. The lowest BCUT2D eigenvalue weighted by Crippen LogP contribution is -2.09. The van der Waals surface area contributed by atoms with Gasteiger partial charge in [-0.05, 0) is 29.8 Å². The van der Waals surface area contributed by atoms with Gasteiger partial charge in [-0.3, -0.25) is 4.79 Å². The lowest BCUT2D eigenvalue weighted by molar-refractivity contribution is 0.479. The number of nitrogens with zero attached hydrogens (tertiary/aromatic N) is 1. The average Bonchev–Trinajstić information content (AvgIpc) is 3.21. The molecule has 0 saturated heterocycles. The number of thiophene rings is 2. The third kappa shape index (κ3) is 2.48. The fraction of sp³-hybridized carbons (Fsp3) is 0. The average molecular weight is 365 g/mol. The molecule has 5 nitrogen and oxygen atoms in total. The fourth-order valence-electron chi connectivity index (χ4n) is 2.70. The molecule has 3 heterocycles. The van der Waals surface area contributed by atoms with Crippen molar-refractivity contribution in [3.8, 4) is 32.7 Å². The summed E-state index contributed by atoms with van der Waals surface area (Å²) in [7, 11) is 0. The highest BCUT2D eigenvalue weighted by atomic mass is 32.1. The normalized spacial score (nSPS) is 10.8. The van der Waals surface area contributed by atoms with Gasteiger partial charge < -0.3 is 15.8 Å². The van der Waals surface area contributed by atoms with Crippen LogP contribution in [0.5, 0.6) is 5.75 Å². The van der Waals surface area contributed by atoms with E-state index >= 15 is 0 Å². The molecule has 0 saturated carbocycles. The fourth-order valence-corrected chi connectivity index (χ4v) is 4.75. The van der Waals surface area contributed by atoms with Gasteiger partial charge in [-0.1, -0.05) is 12.1 Å². The van der Waals surface area contributed by atoms with Gasteiger partial charge in [0.2, 0.25) is 0 Å². The summed E-state index contributed by atoms with van der Waals surface area (Å²) in [6, 6.07) is 13.3. The highest BCUT2D eigenvalue weighted by Gasteiger charge is 2.18. The molecule has 4 rings (SSSR count). The van der Waals surface area contributed by atoms with Crippen molar-refractivity contribution >= 4 is 38.6 Å². The number of nitriles is 1. The summed E-state index contributed by atoms with van der Waals surface area (Å²) < 4.78 is 0. The maximum Gasteiger partial charge on any atom is 0.270 e. The first-order valence-corrected chi connectivity index (χ1v) is 9.00. The Morgan fingerprint density at radius 1 is 1.20 bits per heavy atom. The van der Waals surface area contributed by atoms with Gasteiger partial charge >= 0.3 is 0 Å². The van der Waals surface area contributed by atoms with Crippen LogP contribution >= 0.6 is 22.7 Å². The van der Waals surface area contributed by atoms with Crippen molar-refractivity contribution in [3.63, 3.8) is 0 Å². The van der Waals surface area contributed by atoms with Gasteiger partial charge in [-0.2, -0.15) is 5.26 Å². The Morgan fingerprint density at radius 2 is 2.00 bits per heavy atom. The minimum absolute atomic E-state index is 0.264. The number of anilines is 1. The molecule has 0 bridgehead atoms. The number of nitrogens with one attached hydrogen (secondary N) is 1. The summed E-state index contributed by atoms with van der Waals surface area (Å²) in [5.74, 6) is -0.267. The van der Waals surface area contributed by atoms with E-state index in [-0.39, 0.29) is 11.3 Å². The summed E-state index contributed by atoms with van der Waals surface area (Å²) in [4.78, 5) is 17.0. The topological polar surface area (TPSA) is 103 Å². The molecule has 0 fully saturated rings. The number of benzene rings is 1. The predicted octanol–water partition coefficient (Wildman–Crippen LogP) is 4.14. The summed E-state index contributed by atoms with van der Waals surface area (Å²) in [5.41, 5.74) is 7.52. The van der Waals surface area contributed by atoms with Gasteiger partial charge in [0.05, 0.1) is 5.39 Å². The number of nitrogen functional groups attached to an aromatic ring is 1. The maximum absolute atomic E-state index is 11.8. The summed E-state index contributed by atoms with van der Waals surface area (Å²) in [6.07, 6.45) is 0. The third-order valence-corrected chi connectivity index (χ3v) is 5.94. The van der Waals surface area contributed by atoms with E-state index in [2.05, 4.69) is 4.98 Å². The van der Waals surface area contributed by atoms with Crippen LogP contribution in [0.1, 0.15) is 5.56 Å². The molecule has 0 spiro atoms. The van der Waals surface area contributed by atoms with E-state index in [9.17, 15) is 9.90 Å². The number of H-pyrrole nitrogens is 1. The van der Waals surface area contributed by atoms with Crippen LogP contribution < -0.4 is 11.3 Å². The van der Waals surface area contributed by atoms with Crippen molar-refractivity contribution < 1.29 is 5.11 Å². The van der Waals surface area contributed by atoms with E-state index in [4.69, 9.17) is 11.0 Å². The van der Waals surface area contributed by atoms with E-state index in [1.54, 1.807) is 17.4 Å².